The van der Waals surface area contributed by atoms with Crippen LogP contribution in [-0.2, 0) is 4.13 Å². The van der Waals surface area contributed by atoms with Gasteiger partial charge in [0.2, 0.25) is 0 Å². The molecule has 0 aromatic heterocycles. The van der Waals surface area contributed by atoms with Crippen LogP contribution in [0.5, 0.6) is 0 Å². The van der Waals surface area contributed by atoms with E-state index in [9.17, 15) is 10.1 Å². The van der Waals surface area contributed by atoms with Gasteiger partial charge in [-0.1, -0.05) is 0 Å². The van der Waals surface area contributed by atoms with E-state index in [1.807, 2.05) is 12.1 Å². The first-order chi connectivity index (χ1) is 6.09. The summed E-state index contributed by atoms with van der Waals surface area (Å²) in [7, 11) is 0. The molecule has 0 spiro atoms. The zero-order valence-electron chi connectivity index (χ0n) is 7.73. The molecule has 1 rings (SSSR count). The topological polar surface area (TPSA) is 43.1 Å². The van der Waals surface area contributed by atoms with E-state index in [1.165, 1.54) is 9.69 Å². The Morgan fingerprint density at radius 1 is 1.31 bits per heavy atom. The second kappa shape index (κ2) is 4.66. The van der Waals surface area contributed by atoms with Gasteiger partial charge < -0.3 is 0 Å². The van der Waals surface area contributed by atoms with Crippen molar-refractivity contribution in [3.05, 3.63) is 39.9 Å². The SMILES string of the molecule is [CH3][Bi]([CH3])[CH2]c1ccc([N+](=O)[O-])cc1. The van der Waals surface area contributed by atoms with Gasteiger partial charge in [-0.25, -0.2) is 0 Å². The van der Waals surface area contributed by atoms with Gasteiger partial charge >= 0.3 is 85.7 Å². The first-order valence-electron chi connectivity index (χ1n) is 3.97. The Hall–Kier alpha value is -0.497. The number of nitrogens with zero attached hydrogens (tertiary/aromatic N) is 1. The fourth-order valence-electron chi connectivity index (χ4n) is 1.09. The van der Waals surface area contributed by atoms with E-state index in [0.717, 1.165) is 0 Å². The van der Waals surface area contributed by atoms with E-state index in [0.29, 0.717) is 0 Å². The molecule has 3 nitrogen and oxygen atoms in total. The second-order valence-electron chi connectivity index (χ2n) is 3.16. The van der Waals surface area contributed by atoms with Crippen molar-refractivity contribution in [2.75, 3.05) is 0 Å². The molecule has 0 unspecified atom stereocenters. The molecule has 0 aliphatic carbocycles. The van der Waals surface area contributed by atoms with Gasteiger partial charge in [0.15, 0.2) is 0 Å². The first kappa shape index (κ1) is 10.6. The standard InChI is InChI=1S/C7H6NO2.2CH3.Bi/c1-6-2-4-7(5-3-6)8(9)10;;;/h2-5H,1H2;2*1H3;. The van der Waals surface area contributed by atoms with Gasteiger partial charge in [0.1, 0.15) is 0 Å². The van der Waals surface area contributed by atoms with Crippen molar-refractivity contribution in [1.82, 2.24) is 0 Å². The van der Waals surface area contributed by atoms with Crippen LogP contribution in [0.1, 0.15) is 5.56 Å². The zero-order valence-corrected chi connectivity index (χ0v) is 11.2. The van der Waals surface area contributed by atoms with Gasteiger partial charge in [-0.3, -0.25) is 0 Å². The summed E-state index contributed by atoms with van der Waals surface area (Å²) in [6, 6.07) is 6.91. The maximum absolute atomic E-state index is 10.4. The number of nitro groups is 1. The van der Waals surface area contributed by atoms with E-state index in [1.54, 1.807) is 12.1 Å². The second-order valence-corrected chi connectivity index (χ2v) is 12.8. The molecule has 0 fully saturated rings. The van der Waals surface area contributed by atoms with Crippen LogP contribution < -0.4 is 0 Å². The maximum atomic E-state index is 10.4. The summed E-state index contributed by atoms with van der Waals surface area (Å²) in [5, 5.41) is 10.4. The first-order valence-corrected chi connectivity index (χ1v) is 13.4. The Balaban J connectivity index is 2.75. The summed E-state index contributed by atoms with van der Waals surface area (Å²) < 4.78 is 5.83. The van der Waals surface area contributed by atoms with Crippen LogP contribution in [0.4, 0.5) is 5.69 Å². The Labute approximate surface area is 85.6 Å². The minimum atomic E-state index is -1.16. The Morgan fingerprint density at radius 2 is 1.85 bits per heavy atom. The molecular formula is C9H12BiNO2. The van der Waals surface area contributed by atoms with Gasteiger partial charge in [0.05, 0.1) is 0 Å². The molecule has 1 aromatic carbocycles. The van der Waals surface area contributed by atoms with Crippen LogP contribution in [0.3, 0.4) is 0 Å². The quantitative estimate of drug-likeness (QED) is 0.463. The summed E-state index contributed by atoms with van der Waals surface area (Å²) in [6.45, 7) is 0. The van der Waals surface area contributed by atoms with E-state index >= 15 is 0 Å². The summed E-state index contributed by atoms with van der Waals surface area (Å²) in [4.78, 5) is 9.99. The van der Waals surface area contributed by atoms with Crippen LogP contribution in [0.15, 0.2) is 24.3 Å². The van der Waals surface area contributed by atoms with Crippen LogP contribution in [0.25, 0.3) is 0 Å². The van der Waals surface area contributed by atoms with Gasteiger partial charge in [-0.15, -0.1) is 0 Å². The van der Waals surface area contributed by atoms with Crippen molar-refractivity contribution in [2.45, 2.75) is 13.4 Å². The number of hydrogen-bond acceptors (Lipinski definition) is 2. The molecule has 13 heavy (non-hydrogen) atoms. The van der Waals surface area contributed by atoms with Gasteiger partial charge in [0.25, 0.3) is 0 Å². The van der Waals surface area contributed by atoms with Crippen molar-refractivity contribution in [1.29, 1.82) is 0 Å². The molecule has 0 radical (unpaired) electrons. The molecule has 0 heterocycles. The molecular weight excluding hydrogens is 363 g/mol. The Kier molecular flexibility index (Phi) is 3.79. The molecule has 70 valence electrons. The molecule has 0 aliphatic rings. The summed E-state index contributed by atoms with van der Waals surface area (Å²) >= 11 is -1.16. The molecule has 0 atom stereocenters. The fraction of sp³-hybridized carbons (Fsp3) is 0.333. The van der Waals surface area contributed by atoms with Gasteiger partial charge in [0, 0.05) is 0 Å². The van der Waals surface area contributed by atoms with E-state index < -0.39 is 21.8 Å². The number of non-ortho nitro benzene ring substituents is 1. The van der Waals surface area contributed by atoms with Crippen molar-refractivity contribution in [2.24, 2.45) is 0 Å². The van der Waals surface area contributed by atoms with Gasteiger partial charge in [-0.05, 0) is 0 Å². The van der Waals surface area contributed by atoms with Crippen LogP contribution in [-0.4, -0.2) is 26.7 Å². The molecule has 0 amide bonds. The van der Waals surface area contributed by atoms with E-state index in [-0.39, 0.29) is 10.6 Å². The monoisotopic (exact) mass is 375 g/mol. The van der Waals surface area contributed by atoms with E-state index in [2.05, 4.69) is 9.26 Å². The molecule has 0 aliphatic heterocycles. The summed E-state index contributed by atoms with van der Waals surface area (Å²) in [5.41, 5.74) is 1.43. The Bertz CT molecular complexity index is 295. The molecule has 0 N–H and O–H groups in total. The third-order valence-corrected chi connectivity index (χ3v) is 5.52. The Morgan fingerprint density at radius 3 is 2.23 bits per heavy atom. The average molecular weight is 375 g/mol. The minimum absolute atomic E-state index is 0.182. The van der Waals surface area contributed by atoms with Gasteiger partial charge in [-0.2, -0.15) is 0 Å². The average Bonchev–Trinajstić information content (AvgIpc) is 2.04. The number of rotatable bonds is 3. The van der Waals surface area contributed by atoms with Crippen molar-refractivity contribution < 1.29 is 4.92 Å². The van der Waals surface area contributed by atoms with Crippen LogP contribution in [0, 0.1) is 10.1 Å². The third kappa shape index (κ3) is 3.39. The molecule has 1 aromatic rings. The summed E-state index contributed by atoms with van der Waals surface area (Å²) in [5.74, 6) is 0. The van der Waals surface area contributed by atoms with Crippen molar-refractivity contribution in [3.8, 4) is 0 Å². The normalized spacial score (nSPS) is 10.4. The molecule has 4 heteroatoms. The zero-order chi connectivity index (χ0) is 9.84. The molecule has 0 saturated carbocycles. The predicted octanol–water partition coefficient (Wildman–Crippen LogP) is 2.43. The van der Waals surface area contributed by atoms with Crippen LogP contribution >= 0.6 is 0 Å². The predicted molar refractivity (Wildman–Crippen MR) is 54.3 cm³/mol. The van der Waals surface area contributed by atoms with Crippen molar-refractivity contribution >= 4 is 27.4 Å². The fourth-order valence-corrected chi connectivity index (χ4v) is 4.75. The van der Waals surface area contributed by atoms with E-state index in [4.69, 9.17) is 0 Å². The van der Waals surface area contributed by atoms with Crippen molar-refractivity contribution in [3.63, 3.8) is 0 Å². The summed E-state index contributed by atoms with van der Waals surface area (Å²) in [6.07, 6.45) is 0. The van der Waals surface area contributed by atoms with Crippen LogP contribution in [0.2, 0.25) is 9.26 Å². The number of benzene rings is 1. The molecule has 0 bridgehead atoms. The third-order valence-electron chi connectivity index (χ3n) is 1.65. The number of hydrogen-bond donors (Lipinski definition) is 0. The number of nitro benzene ring substituents is 1. The molecule has 0 saturated heterocycles.